The van der Waals surface area contributed by atoms with Crippen LogP contribution < -0.4 is 4.90 Å². The molecular formula is C24H23ClN2O3S. The van der Waals surface area contributed by atoms with Gasteiger partial charge in [-0.15, -0.1) is 0 Å². The summed E-state index contributed by atoms with van der Waals surface area (Å²) in [5.74, 6) is -0.226. The third kappa shape index (κ3) is 4.92. The van der Waals surface area contributed by atoms with Gasteiger partial charge in [0.2, 0.25) is 0 Å². The van der Waals surface area contributed by atoms with Gasteiger partial charge in [-0.1, -0.05) is 54.1 Å². The van der Waals surface area contributed by atoms with E-state index in [1.807, 2.05) is 24.3 Å². The molecule has 3 aromatic rings. The van der Waals surface area contributed by atoms with Gasteiger partial charge in [0.1, 0.15) is 0 Å². The third-order valence-electron chi connectivity index (χ3n) is 5.39. The van der Waals surface area contributed by atoms with Gasteiger partial charge in [-0.25, -0.2) is 8.42 Å². The van der Waals surface area contributed by atoms with Gasteiger partial charge in [-0.05, 0) is 42.0 Å². The molecule has 1 heterocycles. The van der Waals surface area contributed by atoms with E-state index in [0.29, 0.717) is 42.3 Å². The zero-order valence-electron chi connectivity index (χ0n) is 16.9. The summed E-state index contributed by atoms with van der Waals surface area (Å²) in [5.41, 5.74) is 2.08. The van der Waals surface area contributed by atoms with Gasteiger partial charge < -0.3 is 9.80 Å². The average Bonchev–Trinajstić information content (AvgIpc) is 2.79. The molecule has 0 N–H and O–H groups in total. The van der Waals surface area contributed by atoms with E-state index in [-0.39, 0.29) is 16.6 Å². The molecule has 0 unspecified atom stereocenters. The molecule has 0 bridgehead atoms. The number of hydrogen-bond acceptors (Lipinski definition) is 4. The fraction of sp³-hybridized carbons (Fsp3) is 0.208. The number of nitrogens with zero attached hydrogens (tertiary/aromatic N) is 2. The lowest BCUT2D eigenvalue weighted by molar-refractivity contribution is 0.0746. The maximum absolute atomic E-state index is 13.0. The van der Waals surface area contributed by atoms with Crippen molar-refractivity contribution in [1.29, 1.82) is 0 Å². The third-order valence-corrected chi connectivity index (χ3v) is 7.42. The number of carbonyl (C=O) groups excluding carboxylic acids is 1. The Balaban J connectivity index is 1.44. The highest BCUT2D eigenvalue weighted by Crippen LogP contribution is 2.26. The van der Waals surface area contributed by atoms with Crippen LogP contribution in [0.2, 0.25) is 5.02 Å². The molecule has 1 aliphatic rings. The van der Waals surface area contributed by atoms with Crippen molar-refractivity contribution >= 4 is 33.0 Å². The monoisotopic (exact) mass is 454 g/mol. The van der Waals surface area contributed by atoms with E-state index in [2.05, 4.69) is 4.90 Å². The lowest BCUT2D eigenvalue weighted by atomic mass is 10.1. The van der Waals surface area contributed by atoms with Crippen molar-refractivity contribution in [3.05, 3.63) is 95.0 Å². The second-order valence-electron chi connectivity index (χ2n) is 7.50. The number of anilines is 1. The second kappa shape index (κ2) is 9.12. The van der Waals surface area contributed by atoms with Crippen LogP contribution in [0.4, 0.5) is 5.69 Å². The molecule has 1 amide bonds. The normalized spacial score (nSPS) is 14.5. The quantitative estimate of drug-likeness (QED) is 0.577. The fourth-order valence-electron chi connectivity index (χ4n) is 3.77. The van der Waals surface area contributed by atoms with Gasteiger partial charge in [0, 0.05) is 31.7 Å². The summed E-state index contributed by atoms with van der Waals surface area (Å²) < 4.78 is 25.3. The van der Waals surface area contributed by atoms with E-state index in [0.717, 1.165) is 5.69 Å². The maximum atomic E-state index is 13.0. The van der Waals surface area contributed by atoms with Crippen LogP contribution in [0.5, 0.6) is 0 Å². The average molecular weight is 455 g/mol. The molecule has 0 radical (unpaired) electrons. The molecule has 0 saturated carbocycles. The van der Waals surface area contributed by atoms with E-state index in [9.17, 15) is 13.2 Å². The summed E-state index contributed by atoms with van der Waals surface area (Å²) in [6.07, 6.45) is 0. The second-order valence-corrected chi connectivity index (χ2v) is 9.90. The predicted octanol–water partition coefficient (Wildman–Crippen LogP) is 4.28. The highest BCUT2D eigenvalue weighted by molar-refractivity contribution is 7.90. The first kappa shape index (κ1) is 21.4. The van der Waals surface area contributed by atoms with Crippen molar-refractivity contribution in [1.82, 2.24) is 4.90 Å². The van der Waals surface area contributed by atoms with E-state index in [1.54, 1.807) is 59.5 Å². The summed E-state index contributed by atoms with van der Waals surface area (Å²) in [7, 11) is -3.47. The minimum atomic E-state index is -3.47. The number of benzene rings is 3. The van der Waals surface area contributed by atoms with Crippen molar-refractivity contribution in [2.24, 2.45) is 0 Å². The van der Waals surface area contributed by atoms with Gasteiger partial charge in [0.15, 0.2) is 9.84 Å². The Morgan fingerprint density at radius 1 is 0.839 bits per heavy atom. The Bertz CT molecular complexity index is 1170. The van der Waals surface area contributed by atoms with Crippen LogP contribution in [0.25, 0.3) is 0 Å². The Morgan fingerprint density at radius 3 is 2.23 bits per heavy atom. The van der Waals surface area contributed by atoms with Crippen LogP contribution in [0.3, 0.4) is 0 Å². The van der Waals surface area contributed by atoms with Crippen LogP contribution in [-0.2, 0) is 15.6 Å². The molecule has 7 heteroatoms. The summed E-state index contributed by atoms with van der Waals surface area (Å²) >= 11 is 6.30. The lowest BCUT2D eigenvalue weighted by Gasteiger charge is -2.36. The molecule has 0 aliphatic carbocycles. The predicted molar refractivity (Wildman–Crippen MR) is 123 cm³/mol. The van der Waals surface area contributed by atoms with Gasteiger partial charge >= 0.3 is 0 Å². The van der Waals surface area contributed by atoms with Crippen LogP contribution >= 0.6 is 11.6 Å². The molecule has 1 saturated heterocycles. The zero-order valence-corrected chi connectivity index (χ0v) is 18.5. The maximum Gasteiger partial charge on any atom is 0.253 e. The number of carbonyl (C=O) groups is 1. The summed E-state index contributed by atoms with van der Waals surface area (Å²) in [4.78, 5) is 17.3. The van der Waals surface area contributed by atoms with Crippen LogP contribution in [0.1, 0.15) is 15.9 Å². The number of rotatable bonds is 5. The molecule has 31 heavy (non-hydrogen) atoms. The highest BCUT2D eigenvalue weighted by Gasteiger charge is 2.24. The van der Waals surface area contributed by atoms with Crippen molar-refractivity contribution in [2.75, 3.05) is 31.1 Å². The first-order valence-electron chi connectivity index (χ1n) is 10.1. The van der Waals surface area contributed by atoms with E-state index >= 15 is 0 Å². The van der Waals surface area contributed by atoms with Gasteiger partial charge in [-0.3, -0.25) is 4.79 Å². The highest BCUT2D eigenvalue weighted by atomic mass is 35.5. The fourth-order valence-corrected chi connectivity index (χ4v) is 5.38. The summed E-state index contributed by atoms with van der Waals surface area (Å²) in [6, 6.07) is 23.0. The Morgan fingerprint density at radius 2 is 1.52 bits per heavy atom. The molecule has 1 fully saturated rings. The van der Waals surface area contributed by atoms with E-state index in [4.69, 9.17) is 11.6 Å². The van der Waals surface area contributed by atoms with Crippen molar-refractivity contribution in [3.63, 3.8) is 0 Å². The first-order valence-corrected chi connectivity index (χ1v) is 12.1. The van der Waals surface area contributed by atoms with Gasteiger partial charge in [0.05, 0.1) is 21.4 Å². The molecule has 1 aliphatic heterocycles. The number of para-hydroxylation sites is 1. The van der Waals surface area contributed by atoms with Crippen LogP contribution in [0, 0.1) is 0 Å². The minimum absolute atomic E-state index is 0.0854. The summed E-state index contributed by atoms with van der Waals surface area (Å²) in [5, 5.41) is 0.703. The standard InChI is InChI=1S/C24H23ClN2O3S/c25-22-11-4-5-12-23(22)26-13-15-27(16-14-26)24(28)20-8-6-7-19(17-20)18-31(29,30)21-9-2-1-3-10-21/h1-12,17H,13-16,18H2. The van der Waals surface area contributed by atoms with Gasteiger partial charge in [-0.2, -0.15) is 0 Å². The topological polar surface area (TPSA) is 57.7 Å². The smallest absolute Gasteiger partial charge is 0.253 e. The van der Waals surface area contributed by atoms with Crippen molar-refractivity contribution < 1.29 is 13.2 Å². The van der Waals surface area contributed by atoms with Crippen molar-refractivity contribution in [3.8, 4) is 0 Å². The molecule has 0 spiro atoms. The number of piperazine rings is 1. The Hall–Kier alpha value is -2.83. The largest absolute Gasteiger partial charge is 0.367 e. The number of hydrogen-bond donors (Lipinski definition) is 0. The van der Waals surface area contributed by atoms with Gasteiger partial charge in [0.25, 0.3) is 5.91 Å². The molecule has 0 atom stereocenters. The van der Waals surface area contributed by atoms with E-state index in [1.165, 1.54) is 0 Å². The molecule has 0 aromatic heterocycles. The minimum Gasteiger partial charge on any atom is -0.367 e. The van der Waals surface area contributed by atoms with Crippen LogP contribution in [0.15, 0.2) is 83.8 Å². The number of halogens is 1. The number of sulfone groups is 1. The zero-order chi connectivity index (χ0) is 21.8. The summed E-state index contributed by atoms with van der Waals surface area (Å²) in [6.45, 7) is 2.54. The lowest BCUT2D eigenvalue weighted by Crippen LogP contribution is -2.48. The molecule has 4 rings (SSSR count). The van der Waals surface area contributed by atoms with E-state index < -0.39 is 9.84 Å². The SMILES string of the molecule is O=C(c1cccc(CS(=O)(=O)c2ccccc2)c1)N1CCN(c2ccccc2Cl)CC1. The molecule has 5 nitrogen and oxygen atoms in total. The van der Waals surface area contributed by atoms with Crippen LogP contribution in [-0.4, -0.2) is 45.4 Å². The molecule has 3 aromatic carbocycles. The Labute approximate surface area is 187 Å². The number of amides is 1. The molecular weight excluding hydrogens is 432 g/mol. The first-order chi connectivity index (χ1) is 14.9. The van der Waals surface area contributed by atoms with Crippen molar-refractivity contribution in [2.45, 2.75) is 10.6 Å². The molecule has 160 valence electrons. The Kier molecular flexibility index (Phi) is 6.30.